The van der Waals surface area contributed by atoms with E-state index >= 15 is 0 Å². The number of hydrogen-bond donors (Lipinski definition) is 1. The molecule has 1 aromatic carbocycles. The summed E-state index contributed by atoms with van der Waals surface area (Å²) in [6, 6.07) is 3.75. The highest BCUT2D eigenvalue weighted by Gasteiger charge is 2.24. The Bertz CT molecular complexity index is 568. The molecule has 0 aliphatic heterocycles. The molecule has 0 heterocycles. The molecule has 0 spiro atoms. The van der Waals surface area contributed by atoms with Crippen molar-refractivity contribution >= 4 is 31.9 Å². The average molecular weight is 336 g/mol. The van der Waals surface area contributed by atoms with Gasteiger partial charge in [0.2, 0.25) is 10.0 Å². The van der Waals surface area contributed by atoms with E-state index in [1.165, 1.54) is 23.5 Å². The van der Waals surface area contributed by atoms with Gasteiger partial charge in [0.15, 0.2) is 0 Å². The Morgan fingerprint density at radius 2 is 1.94 bits per heavy atom. The van der Waals surface area contributed by atoms with Crippen LogP contribution in [-0.2, 0) is 10.0 Å². The molecular weight excluding hydrogens is 322 g/mol. The third-order valence-corrected chi connectivity index (χ3v) is 5.29. The molecule has 0 bridgehead atoms. The van der Waals surface area contributed by atoms with E-state index in [-0.39, 0.29) is 16.5 Å². The predicted molar refractivity (Wildman–Crippen MR) is 71.2 cm³/mol. The number of halogens is 1. The van der Waals surface area contributed by atoms with Crippen LogP contribution in [0.15, 0.2) is 27.6 Å². The quantitative estimate of drug-likeness (QED) is 0.914. The lowest BCUT2D eigenvalue weighted by Gasteiger charge is -2.21. The van der Waals surface area contributed by atoms with Crippen LogP contribution in [0.4, 0.5) is 0 Å². The minimum absolute atomic E-state index is 0.0284. The molecule has 0 fully saturated rings. The lowest BCUT2D eigenvalue weighted by atomic mass is 10.2. The Morgan fingerprint density at radius 1 is 1.39 bits per heavy atom. The minimum Gasteiger partial charge on any atom is -0.478 e. The number of carbonyl (C=O) groups is 1. The van der Waals surface area contributed by atoms with Crippen molar-refractivity contribution in [3.63, 3.8) is 0 Å². The number of carboxylic acid groups (broad SMARTS) is 1. The van der Waals surface area contributed by atoms with Gasteiger partial charge >= 0.3 is 5.97 Å². The van der Waals surface area contributed by atoms with E-state index in [1.54, 1.807) is 13.8 Å². The van der Waals surface area contributed by atoms with Crippen LogP contribution in [0.2, 0.25) is 0 Å². The van der Waals surface area contributed by atoms with Gasteiger partial charge in [-0.25, -0.2) is 13.2 Å². The number of rotatable bonds is 4. The molecule has 0 saturated heterocycles. The van der Waals surface area contributed by atoms with Gasteiger partial charge in [0.25, 0.3) is 0 Å². The van der Waals surface area contributed by atoms with E-state index in [2.05, 4.69) is 15.9 Å². The predicted octanol–water partition coefficient (Wildman–Crippen LogP) is 2.18. The summed E-state index contributed by atoms with van der Waals surface area (Å²) in [6.07, 6.45) is 0. The standard InChI is InChI=1S/C11H14BrNO4S/c1-7(2)13(3)18(16,17)8-4-5-10(12)9(6-8)11(14)15/h4-7H,1-3H3,(H,14,15). The molecular formula is C11H14BrNO4S. The lowest BCUT2D eigenvalue weighted by molar-refractivity contribution is 0.0695. The zero-order valence-corrected chi connectivity index (χ0v) is 12.6. The molecule has 0 atom stereocenters. The molecule has 0 aliphatic carbocycles. The van der Waals surface area contributed by atoms with E-state index in [0.717, 1.165) is 6.07 Å². The first-order valence-electron chi connectivity index (χ1n) is 5.18. The Balaban J connectivity index is 3.35. The number of carboxylic acids is 1. The fourth-order valence-electron chi connectivity index (χ4n) is 1.27. The molecule has 0 aliphatic rings. The normalized spacial score (nSPS) is 12.1. The monoisotopic (exact) mass is 335 g/mol. The van der Waals surface area contributed by atoms with Gasteiger partial charge in [-0.05, 0) is 48.0 Å². The molecule has 0 radical (unpaired) electrons. The van der Waals surface area contributed by atoms with Gasteiger partial charge in [0, 0.05) is 17.6 Å². The summed E-state index contributed by atoms with van der Waals surface area (Å²) in [6.45, 7) is 3.49. The van der Waals surface area contributed by atoms with Crippen LogP contribution in [0.25, 0.3) is 0 Å². The molecule has 0 saturated carbocycles. The van der Waals surface area contributed by atoms with Crippen LogP contribution < -0.4 is 0 Å². The summed E-state index contributed by atoms with van der Waals surface area (Å²) in [5.74, 6) is -1.17. The SMILES string of the molecule is CC(C)N(C)S(=O)(=O)c1ccc(Br)c(C(=O)O)c1. The van der Waals surface area contributed by atoms with Crippen molar-refractivity contribution in [1.29, 1.82) is 0 Å². The Kier molecular flexibility index (Phi) is 4.52. The van der Waals surface area contributed by atoms with E-state index in [0.29, 0.717) is 4.47 Å². The summed E-state index contributed by atoms with van der Waals surface area (Å²) in [7, 11) is -2.20. The van der Waals surface area contributed by atoms with Crippen LogP contribution in [0.3, 0.4) is 0 Å². The smallest absolute Gasteiger partial charge is 0.336 e. The van der Waals surface area contributed by atoms with Crippen LogP contribution in [0.5, 0.6) is 0 Å². The van der Waals surface area contributed by atoms with E-state index in [4.69, 9.17) is 5.11 Å². The van der Waals surface area contributed by atoms with Crippen molar-refractivity contribution in [3.8, 4) is 0 Å². The first-order chi connectivity index (χ1) is 8.17. The molecule has 7 heteroatoms. The maximum Gasteiger partial charge on any atom is 0.336 e. The molecule has 0 unspecified atom stereocenters. The van der Waals surface area contributed by atoms with E-state index in [9.17, 15) is 13.2 Å². The highest BCUT2D eigenvalue weighted by atomic mass is 79.9. The van der Waals surface area contributed by atoms with E-state index in [1.807, 2.05) is 0 Å². The van der Waals surface area contributed by atoms with Crippen molar-refractivity contribution < 1.29 is 18.3 Å². The van der Waals surface area contributed by atoms with Crippen molar-refractivity contribution in [2.24, 2.45) is 0 Å². The van der Waals surface area contributed by atoms with Crippen molar-refractivity contribution in [2.45, 2.75) is 24.8 Å². The largest absolute Gasteiger partial charge is 0.478 e. The summed E-state index contributed by atoms with van der Waals surface area (Å²) < 4.78 is 25.9. The highest BCUT2D eigenvalue weighted by Crippen LogP contribution is 2.23. The Hall–Kier alpha value is -0.920. The topological polar surface area (TPSA) is 74.7 Å². The second-order valence-electron chi connectivity index (χ2n) is 4.06. The van der Waals surface area contributed by atoms with Gasteiger partial charge in [-0.3, -0.25) is 0 Å². The fourth-order valence-corrected chi connectivity index (χ4v) is 3.08. The van der Waals surface area contributed by atoms with Crippen molar-refractivity contribution in [1.82, 2.24) is 4.31 Å². The molecule has 1 rings (SSSR count). The second-order valence-corrected chi connectivity index (χ2v) is 6.91. The van der Waals surface area contributed by atoms with Gasteiger partial charge in [0.1, 0.15) is 0 Å². The third kappa shape index (κ3) is 2.90. The van der Waals surface area contributed by atoms with Gasteiger partial charge < -0.3 is 5.11 Å². The third-order valence-electron chi connectivity index (χ3n) is 2.57. The maximum atomic E-state index is 12.2. The average Bonchev–Trinajstić information content (AvgIpc) is 2.27. The second kappa shape index (κ2) is 5.38. The molecule has 1 aromatic rings. The minimum atomic E-state index is -3.66. The van der Waals surface area contributed by atoms with Crippen molar-refractivity contribution in [2.75, 3.05) is 7.05 Å². The fraction of sp³-hybridized carbons (Fsp3) is 0.364. The molecule has 1 N–H and O–H groups in total. The van der Waals surface area contributed by atoms with E-state index < -0.39 is 16.0 Å². The van der Waals surface area contributed by atoms with Crippen LogP contribution in [0, 0.1) is 0 Å². The van der Waals surface area contributed by atoms with Gasteiger partial charge in [-0.1, -0.05) is 0 Å². The zero-order chi connectivity index (χ0) is 14.1. The van der Waals surface area contributed by atoms with Gasteiger partial charge in [0.05, 0.1) is 10.5 Å². The lowest BCUT2D eigenvalue weighted by Crippen LogP contribution is -2.33. The Labute approximate surface area is 115 Å². The molecule has 100 valence electrons. The number of hydrogen-bond acceptors (Lipinski definition) is 3. The number of nitrogens with zero attached hydrogens (tertiary/aromatic N) is 1. The number of aromatic carboxylic acids is 1. The van der Waals surface area contributed by atoms with Gasteiger partial charge in [-0.15, -0.1) is 0 Å². The summed E-state index contributed by atoms with van der Waals surface area (Å²) in [5.41, 5.74) is -0.0757. The van der Waals surface area contributed by atoms with Crippen LogP contribution in [0.1, 0.15) is 24.2 Å². The zero-order valence-electron chi connectivity index (χ0n) is 10.2. The number of sulfonamides is 1. The molecule has 0 amide bonds. The first kappa shape index (κ1) is 15.1. The molecule has 18 heavy (non-hydrogen) atoms. The maximum absolute atomic E-state index is 12.2. The highest BCUT2D eigenvalue weighted by molar-refractivity contribution is 9.10. The molecule has 5 nitrogen and oxygen atoms in total. The summed E-state index contributed by atoms with van der Waals surface area (Å²) in [5, 5.41) is 8.97. The Morgan fingerprint density at radius 3 is 2.39 bits per heavy atom. The van der Waals surface area contributed by atoms with Crippen molar-refractivity contribution in [3.05, 3.63) is 28.2 Å². The molecule has 0 aromatic heterocycles. The summed E-state index contributed by atoms with van der Waals surface area (Å²) >= 11 is 3.07. The first-order valence-corrected chi connectivity index (χ1v) is 7.42. The number of benzene rings is 1. The van der Waals surface area contributed by atoms with Crippen LogP contribution >= 0.6 is 15.9 Å². The van der Waals surface area contributed by atoms with Gasteiger partial charge in [-0.2, -0.15) is 4.31 Å². The summed E-state index contributed by atoms with van der Waals surface area (Å²) in [4.78, 5) is 10.9. The van der Waals surface area contributed by atoms with Crippen LogP contribution in [-0.4, -0.2) is 36.9 Å².